The second kappa shape index (κ2) is 9.70. The third kappa shape index (κ3) is 6.08. The molecule has 0 atom stereocenters. The van der Waals surface area contributed by atoms with E-state index in [1.165, 1.54) is 18.2 Å². The van der Waals surface area contributed by atoms with Gasteiger partial charge in [0.1, 0.15) is 0 Å². The van der Waals surface area contributed by atoms with E-state index in [0.29, 0.717) is 16.6 Å². The Morgan fingerprint density at radius 3 is 2.48 bits per heavy atom. The maximum absolute atomic E-state index is 5.74. The van der Waals surface area contributed by atoms with E-state index in [4.69, 9.17) is 15.3 Å². The third-order valence-corrected chi connectivity index (χ3v) is 4.40. The van der Waals surface area contributed by atoms with Gasteiger partial charge in [-0.1, -0.05) is 12.1 Å². The molecular formula is C18H14BrN5O2S. The molecule has 0 saturated heterocycles. The molecule has 0 spiro atoms. The van der Waals surface area contributed by atoms with Crippen LogP contribution < -0.4 is 10.5 Å². The maximum Gasteiger partial charge on any atom is 0.219 e. The van der Waals surface area contributed by atoms with Gasteiger partial charge in [-0.25, -0.2) is 15.0 Å². The predicted octanol–water partition coefficient (Wildman–Crippen LogP) is 4.67. The molecule has 3 aromatic rings. The summed E-state index contributed by atoms with van der Waals surface area (Å²) in [6, 6.07) is 14.6. The summed E-state index contributed by atoms with van der Waals surface area (Å²) in [4.78, 5) is 18.5. The number of hydrogen-bond acceptors (Lipinski definition) is 8. The molecule has 0 amide bonds. The first-order valence-electron chi connectivity index (χ1n) is 7.67. The number of aliphatic imine (C=N–C) groups is 1. The molecule has 7 nitrogen and oxygen atoms in total. The molecule has 9 heteroatoms. The maximum atomic E-state index is 5.74. The Morgan fingerprint density at radius 2 is 1.74 bits per heavy atom. The van der Waals surface area contributed by atoms with E-state index in [1.54, 1.807) is 24.5 Å². The summed E-state index contributed by atoms with van der Waals surface area (Å²) in [6.07, 6.45) is 5.78. The summed E-state index contributed by atoms with van der Waals surface area (Å²) < 4.78 is 6.09. The van der Waals surface area contributed by atoms with Gasteiger partial charge in [0.2, 0.25) is 12.8 Å². The molecule has 2 aromatic carbocycles. The Labute approximate surface area is 168 Å². The highest BCUT2D eigenvalue weighted by molar-refractivity contribution is 9.10. The normalized spacial score (nSPS) is 11.1. The molecule has 0 bridgehead atoms. The van der Waals surface area contributed by atoms with Gasteiger partial charge in [0.25, 0.3) is 0 Å². The molecule has 1 aromatic heterocycles. The summed E-state index contributed by atoms with van der Waals surface area (Å²) in [5, 5.41) is 4.30. The zero-order valence-electron chi connectivity index (χ0n) is 13.9. The number of benzene rings is 2. The lowest BCUT2D eigenvalue weighted by molar-refractivity contribution is 0.335. The van der Waals surface area contributed by atoms with Crippen molar-refractivity contribution in [3.05, 3.63) is 65.4 Å². The highest BCUT2D eigenvalue weighted by Crippen LogP contribution is 2.26. The molecule has 0 radical (unpaired) electrons. The van der Waals surface area contributed by atoms with Crippen LogP contribution in [0.3, 0.4) is 0 Å². The van der Waals surface area contributed by atoms with E-state index in [9.17, 15) is 0 Å². The average Bonchev–Trinajstić information content (AvgIpc) is 2.69. The Morgan fingerprint density at radius 1 is 1.00 bits per heavy atom. The van der Waals surface area contributed by atoms with Crippen LogP contribution in [0.1, 0.15) is 0 Å². The van der Waals surface area contributed by atoms with Crippen molar-refractivity contribution in [2.45, 2.75) is 10.1 Å². The van der Waals surface area contributed by atoms with Crippen molar-refractivity contribution < 1.29 is 9.57 Å². The van der Waals surface area contributed by atoms with Gasteiger partial charge >= 0.3 is 0 Å². The summed E-state index contributed by atoms with van der Waals surface area (Å²) >= 11 is 4.77. The molecule has 0 unspecified atom stereocenters. The summed E-state index contributed by atoms with van der Waals surface area (Å²) in [5.74, 6) is 0.504. The zero-order valence-corrected chi connectivity index (χ0v) is 16.3. The fraction of sp³-hybridized carbons (Fsp3) is 0. The van der Waals surface area contributed by atoms with Crippen molar-refractivity contribution in [3.63, 3.8) is 0 Å². The lowest BCUT2D eigenvalue weighted by atomic mass is 10.3. The van der Waals surface area contributed by atoms with Crippen LogP contribution in [0.5, 0.6) is 5.75 Å². The van der Waals surface area contributed by atoms with Crippen LogP contribution in [0.25, 0.3) is 0 Å². The minimum absolute atomic E-state index is 0.504. The number of para-hydroxylation sites is 2. The van der Waals surface area contributed by atoms with Crippen molar-refractivity contribution >= 4 is 51.9 Å². The fourth-order valence-corrected chi connectivity index (χ4v) is 2.76. The number of rotatable bonds is 7. The molecule has 3 rings (SSSR count). The van der Waals surface area contributed by atoms with Crippen LogP contribution in [0.15, 0.2) is 85.6 Å². The lowest BCUT2D eigenvalue weighted by Gasteiger charge is -2.01. The molecule has 0 saturated carbocycles. The van der Waals surface area contributed by atoms with E-state index in [-0.39, 0.29) is 0 Å². The minimum Gasteiger partial charge on any atom is -0.440 e. The molecule has 1 heterocycles. The van der Waals surface area contributed by atoms with Gasteiger partial charge in [0, 0.05) is 17.3 Å². The smallest absolute Gasteiger partial charge is 0.219 e. The number of ether oxygens (including phenoxy) is 1. The Balaban J connectivity index is 1.47. The van der Waals surface area contributed by atoms with Gasteiger partial charge in [0.05, 0.1) is 15.8 Å². The molecular weight excluding hydrogens is 430 g/mol. The first-order chi connectivity index (χ1) is 13.2. The lowest BCUT2D eigenvalue weighted by Crippen LogP contribution is -1.95. The largest absolute Gasteiger partial charge is 0.440 e. The van der Waals surface area contributed by atoms with Crippen LogP contribution in [-0.2, 0) is 4.84 Å². The van der Waals surface area contributed by atoms with Gasteiger partial charge in [-0.3, -0.25) is 0 Å². The van der Waals surface area contributed by atoms with E-state index in [0.717, 1.165) is 21.5 Å². The molecule has 0 aliphatic carbocycles. The quantitative estimate of drug-likeness (QED) is 0.187. The van der Waals surface area contributed by atoms with Crippen molar-refractivity contribution in [3.8, 4) is 5.75 Å². The third-order valence-electron chi connectivity index (χ3n) is 3.09. The Bertz CT molecular complexity index is 933. The minimum atomic E-state index is 0.504. The molecule has 0 aliphatic heterocycles. The predicted molar refractivity (Wildman–Crippen MR) is 110 cm³/mol. The SMILES string of the molecule is Nc1ccccc1OC=NOC=Nc1ccc(Sc2ncc(Br)cn2)cc1. The average molecular weight is 444 g/mol. The number of nitrogens with two attached hydrogens (primary N) is 1. The zero-order chi connectivity index (χ0) is 18.9. The van der Waals surface area contributed by atoms with Crippen LogP contribution in [0.4, 0.5) is 11.4 Å². The van der Waals surface area contributed by atoms with Crippen molar-refractivity contribution in [2.75, 3.05) is 5.73 Å². The second-order valence-electron chi connectivity index (χ2n) is 4.99. The Kier molecular flexibility index (Phi) is 6.78. The van der Waals surface area contributed by atoms with E-state index in [2.05, 4.69) is 36.0 Å². The highest BCUT2D eigenvalue weighted by atomic mass is 79.9. The highest BCUT2D eigenvalue weighted by Gasteiger charge is 2.00. The second-order valence-corrected chi connectivity index (χ2v) is 6.94. The number of oxime groups is 1. The number of anilines is 1. The van der Waals surface area contributed by atoms with Crippen molar-refractivity contribution in [2.24, 2.45) is 10.1 Å². The van der Waals surface area contributed by atoms with Gasteiger partial charge in [-0.2, -0.15) is 0 Å². The molecule has 0 aliphatic rings. The van der Waals surface area contributed by atoms with Gasteiger partial charge < -0.3 is 15.3 Å². The number of nitrogens with zero attached hydrogens (tertiary/aromatic N) is 4. The fourth-order valence-electron chi connectivity index (χ4n) is 1.86. The van der Waals surface area contributed by atoms with Gasteiger partial charge in [0.15, 0.2) is 10.9 Å². The van der Waals surface area contributed by atoms with Crippen molar-refractivity contribution in [1.29, 1.82) is 0 Å². The summed E-state index contributed by atoms with van der Waals surface area (Å²) in [6.45, 7) is 0. The number of nitrogen functional groups attached to an aromatic ring is 1. The van der Waals surface area contributed by atoms with Gasteiger partial charge in [-0.05, 0) is 69.2 Å². The molecule has 2 N–H and O–H groups in total. The topological polar surface area (TPSA) is 95.0 Å². The number of halogens is 1. The molecule has 0 fully saturated rings. The van der Waals surface area contributed by atoms with Crippen LogP contribution >= 0.6 is 27.7 Å². The van der Waals surface area contributed by atoms with E-state index >= 15 is 0 Å². The molecule has 27 heavy (non-hydrogen) atoms. The molecule has 136 valence electrons. The van der Waals surface area contributed by atoms with Gasteiger partial charge in [-0.15, -0.1) is 0 Å². The summed E-state index contributed by atoms with van der Waals surface area (Å²) in [7, 11) is 0. The first kappa shape index (κ1) is 18.9. The number of aromatic nitrogens is 2. The Hall–Kier alpha value is -2.91. The van der Waals surface area contributed by atoms with Crippen molar-refractivity contribution in [1.82, 2.24) is 9.97 Å². The van der Waals surface area contributed by atoms with Crippen LogP contribution in [-0.4, -0.2) is 22.8 Å². The standard InChI is InChI=1S/C18H14BrN5O2S/c19-13-9-21-18(22-10-13)27-15-7-5-14(6-8-15)23-11-26-24-12-25-17-4-2-1-3-16(17)20/h1-12H,20H2. The van der Waals surface area contributed by atoms with E-state index in [1.807, 2.05) is 36.4 Å². The van der Waals surface area contributed by atoms with E-state index < -0.39 is 0 Å². The number of hydrogen-bond donors (Lipinski definition) is 1. The van der Waals surface area contributed by atoms with Crippen LogP contribution in [0.2, 0.25) is 0 Å². The monoisotopic (exact) mass is 443 g/mol. The summed E-state index contributed by atoms with van der Waals surface area (Å²) in [5.41, 5.74) is 6.98. The first-order valence-corrected chi connectivity index (χ1v) is 9.28. The van der Waals surface area contributed by atoms with Crippen LogP contribution in [0, 0.1) is 0 Å².